The fraction of sp³-hybridized carbons (Fsp3) is 0. The lowest BCUT2D eigenvalue weighted by molar-refractivity contribution is 0.669. The van der Waals surface area contributed by atoms with Gasteiger partial charge >= 0.3 is 0 Å². The molecule has 11 aromatic carbocycles. The minimum absolute atomic E-state index is 0.906. The molecule has 0 saturated carbocycles. The predicted molar refractivity (Wildman–Crippen MR) is 278 cm³/mol. The Hall–Kier alpha value is -8.79. The smallest absolute Gasteiger partial charge is 0.135 e. The molecule has 0 saturated heterocycles. The third kappa shape index (κ3) is 5.67. The van der Waals surface area contributed by atoms with E-state index >= 15 is 0 Å². The molecule has 3 nitrogen and oxygen atoms in total. The van der Waals surface area contributed by atoms with Crippen molar-refractivity contribution >= 4 is 86.8 Å². The Morgan fingerprint density at radius 2 is 0.818 bits per heavy atom. The van der Waals surface area contributed by atoms with Crippen LogP contribution in [-0.2, 0) is 0 Å². The van der Waals surface area contributed by atoms with Gasteiger partial charge in [-0.2, -0.15) is 0 Å². The first-order chi connectivity index (χ1) is 32.7. The fourth-order valence-corrected chi connectivity index (χ4v) is 10.6. The number of hydrogen-bond donors (Lipinski definition) is 0. The van der Waals surface area contributed by atoms with Crippen LogP contribution in [0.25, 0.3) is 137 Å². The molecule has 0 radical (unpaired) electrons. The molecule has 0 spiro atoms. The van der Waals surface area contributed by atoms with Gasteiger partial charge in [-0.3, -0.25) is 0 Å². The number of furan rings is 1. The van der Waals surface area contributed by atoms with E-state index in [-0.39, 0.29) is 0 Å². The fourth-order valence-electron chi connectivity index (χ4n) is 10.6. The van der Waals surface area contributed by atoms with E-state index in [0.29, 0.717) is 0 Å². The minimum Gasteiger partial charge on any atom is -0.456 e. The Kier molecular flexibility index (Phi) is 7.98. The normalized spacial score (nSPS) is 11.9. The van der Waals surface area contributed by atoms with Crippen LogP contribution < -0.4 is 0 Å². The zero-order valence-electron chi connectivity index (χ0n) is 35.7. The summed E-state index contributed by atoms with van der Waals surface area (Å²) in [5, 5.41) is 14.6. The quantitative estimate of drug-likeness (QED) is 0.162. The molecular weight excluding hydrogens is 801 g/mol. The molecule has 3 heterocycles. The predicted octanol–water partition coefficient (Wildman–Crippen LogP) is 17.4. The zero-order chi connectivity index (χ0) is 43.3. The van der Waals surface area contributed by atoms with Crippen LogP contribution in [-0.4, -0.2) is 9.55 Å². The van der Waals surface area contributed by atoms with Gasteiger partial charge in [0.2, 0.25) is 0 Å². The number of nitrogens with zero attached hydrogens (tertiary/aromatic N) is 2. The number of rotatable bonds is 5. The molecule has 306 valence electrons. The average molecular weight is 839 g/mol. The van der Waals surface area contributed by atoms with Crippen molar-refractivity contribution in [1.82, 2.24) is 9.55 Å². The molecule has 3 aromatic heterocycles. The Balaban J connectivity index is 1.06. The summed E-state index contributed by atoms with van der Waals surface area (Å²) in [7, 11) is 0. The van der Waals surface area contributed by atoms with Crippen LogP contribution in [0.15, 0.2) is 235 Å². The minimum atomic E-state index is 0.906. The summed E-state index contributed by atoms with van der Waals surface area (Å²) in [6.07, 6.45) is 0. The van der Waals surface area contributed by atoms with Crippen LogP contribution in [0.5, 0.6) is 0 Å². The summed E-state index contributed by atoms with van der Waals surface area (Å²) >= 11 is 0. The topological polar surface area (TPSA) is 31.0 Å². The number of hydrogen-bond acceptors (Lipinski definition) is 2. The Labute approximate surface area is 380 Å². The monoisotopic (exact) mass is 838 g/mol. The molecule has 0 fully saturated rings. The van der Waals surface area contributed by atoms with Crippen LogP contribution in [0.3, 0.4) is 0 Å². The molecule has 66 heavy (non-hydrogen) atoms. The van der Waals surface area contributed by atoms with Crippen molar-refractivity contribution in [2.45, 2.75) is 0 Å². The third-order valence-corrected chi connectivity index (χ3v) is 13.7. The summed E-state index contributed by atoms with van der Waals surface area (Å²) in [6.45, 7) is 0. The van der Waals surface area contributed by atoms with E-state index in [1.807, 2.05) is 12.1 Å². The van der Waals surface area contributed by atoms with Gasteiger partial charge in [0.25, 0.3) is 0 Å². The van der Waals surface area contributed by atoms with Crippen molar-refractivity contribution in [2.75, 3.05) is 0 Å². The molecule has 0 aliphatic rings. The number of pyridine rings is 1. The third-order valence-electron chi connectivity index (χ3n) is 13.7. The molecule has 3 heteroatoms. The number of para-hydroxylation sites is 1. The molecule has 0 bridgehead atoms. The number of aromatic nitrogens is 2. The second-order valence-electron chi connectivity index (χ2n) is 17.5. The lowest BCUT2D eigenvalue weighted by Gasteiger charge is -2.15. The summed E-state index contributed by atoms with van der Waals surface area (Å²) in [6, 6.07) is 83.7. The maximum Gasteiger partial charge on any atom is 0.135 e. The van der Waals surface area contributed by atoms with Gasteiger partial charge in [-0.05, 0) is 126 Å². The van der Waals surface area contributed by atoms with Gasteiger partial charge in [0.05, 0.1) is 28.1 Å². The van der Waals surface area contributed by atoms with E-state index < -0.39 is 0 Å². The largest absolute Gasteiger partial charge is 0.456 e. The van der Waals surface area contributed by atoms with E-state index in [2.05, 4.69) is 223 Å². The van der Waals surface area contributed by atoms with Crippen LogP contribution in [0.2, 0.25) is 0 Å². The van der Waals surface area contributed by atoms with E-state index in [9.17, 15) is 0 Å². The van der Waals surface area contributed by atoms with E-state index in [0.717, 1.165) is 61.2 Å². The highest BCUT2D eigenvalue weighted by Gasteiger charge is 2.20. The van der Waals surface area contributed by atoms with Crippen molar-refractivity contribution in [3.8, 4) is 50.5 Å². The van der Waals surface area contributed by atoms with Gasteiger partial charge in [-0.1, -0.05) is 170 Å². The number of fused-ring (bicyclic) bond motifs is 13. The molecule has 0 aliphatic heterocycles. The average Bonchev–Trinajstić information content (AvgIpc) is 3.93. The molecule has 0 N–H and O–H groups in total. The Morgan fingerprint density at radius 1 is 0.288 bits per heavy atom. The van der Waals surface area contributed by atoms with Crippen LogP contribution in [0.4, 0.5) is 0 Å². The van der Waals surface area contributed by atoms with Crippen LogP contribution in [0.1, 0.15) is 0 Å². The second kappa shape index (κ2) is 14.4. The van der Waals surface area contributed by atoms with E-state index in [1.54, 1.807) is 0 Å². The highest BCUT2D eigenvalue weighted by Crippen LogP contribution is 2.44. The first-order valence-corrected chi connectivity index (χ1v) is 22.6. The van der Waals surface area contributed by atoms with Crippen molar-refractivity contribution in [2.24, 2.45) is 0 Å². The molecule has 0 unspecified atom stereocenters. The van der Waals surface area contributed by atoms with Crippen molar-refractivity contribution in [3.63, 3.8) is 0 Å². The molecule has 14 rings (SSSR count). The highest BCUT2D eigenvalue weighted by molar-refractivity contribution is 6.29. The summed E-state index contributed by atoms with van der Waals surface area (Å²) in [5.41, 5.74) is 14.0. The molecule has 0 atom stereocenters. The molecule has 0 amide bonds. The van der Waals surface area contributed by atoms with Crippen LogP contribution in [0, 0.1) is 0 Å². The second-order valence-corrected chi connectivity index (χ2v) is 17.5. The first-order valence-electron chi connectivity index (χ1n) is 22.6. The first kappa shape index (κ1) is 36.7. The molecule has 0 aliphatic carbocycles. The van der Waals surface area contributed by atoms with Crippen molar-refractivity contribution in [1.29, 1.82) is 0 Å². The maximum absolute atomic E-state index is 6.21. The zero-order valence-corrected chi connectivity index (χ0v) is 35.7. The lowest BCUT2D eigenvalue weighted by atomic mass is 9.91. The van der Waals surface area contributed by atoms with Gasteiger partial charge in [0, 0.05) is 32.7 Å². The summed E-state index contributed by atoms with van der Waals surface area (Å²) in [4.78, 5) is 5.29. The lowest BCUT2D eigenvalue weighted by Crippen LogP contribution is -1.98. The van der Waals surface area contributed by atoms with Gasteiger partial charge in [0.1, 0.15) is 11.2 Å². The standard InChI is InChI=1S/C63H38N2O/c1-3-15-40(16-4-1)58-35-45(36-59(64-58)41-17-5-2-6-18-41)65-60-30-27-44(47-24-13-19-39-14-7-8-20-46(39)47)34-55(60)56-37-53-50-29-26-42(32-52(50)48-21-9-10-22-49(48)54(53)38-61(56)65)43-28-31-63-57(33-43)51-23-11-12-25-62(51)66-63/h1-38H. The molecular formula is C63H38N2O. The maximum atomic E-state index is 6.21. The SMILES string of the molecule is c1ccc(-c2cc(-n3c4ccc(-c5cccc6ccccc56)cc4c4cc5c6ccc(-c7ccc8oc9ccccc9c8c7)cc6c6ccccc6c5cc43)cc(-c3ccccc3)n2)cc1. The van der Waals surface area contributed by atoms with Gasteiger partial charge in [-0.15, -0.1) is 0 Å². The summed E-state index contributed by atoms with van der Waals surface area (Å²) < 4.78 is 8.68. The number of benzene rings is 11. The van der Waals surface area contributed by atoms with Gasteiger partial charge in [-0.25, -0.2) is 4.98 Å². The Morgan fingerprint density at radius 3 is 1.58 bits per heavy atom. The molecule has 14 aromatic rings. The van der Waals surface area contributed by atoms with Gasteiger partial charge < -0.3 is 8.98 Å². The van der Waals surface area contributed by atoms with Gasteiger partial charge in [0.15, 0.2) is 0 Å². The summed E-state index contributed by atoms with van der Waals surface area (Å²) in [5.74, 6) is 0. The van der Waals surface area contributed by atoms with Crippen molar-refractivity contribution in [3.05, 3.63) is 231 Å². The van der Waals surface area contributed by atoms with Crippen molar-refractivity contribution < 1.29 is 4.42 Å². The highest BCUT2D eigenvalue weighted by atomic mass is 16.3. The Bertz CT molecular complexity index is 4210. The van der Waals surface area contributed by atoms with E-state index in [1.165, 1.54) is 76.1 Å². The van der Waals surface area contributed by atoms with E-state index in [4.69, 9.17) is 9.40 Å². The van der Waals surface area contributed by atoms with Crippen LogP contribution >= 0.6 is 0 Å².